The zero-order valence-corrected chi connectivity index (χ0v) is 15.9. The summed E-state index contributed by atoms with van der Waals surface area (Å²) in [6, 6.07) is 6.07. The van der Waals surface area contributed by atoms with Gasteiger partial charge in [-0.05, 0) is 74.9 Å². The molecule has 0 bridgehead atoms. The number of carbonyl (C=O) groups is 1. The van der Waals surface area contributed by atoms with Crippen LogP contribution in [0.1, 0.15) is 43.9 Å². The zero-order valence-electron chi connectivity index (χ0n) is 15.9. The van der Waals surface area contributed by atoms with Gasteiger partial charge in [0.05, 0.1) is 5.92 Å². The van der Waals surface area contributed by atoms with Gasteiger partial charge < -0.3 is 14.7 Å². The molecular weight excluding hydrogens is 359 g/mol. The van der Waals surface area contributed by atoms with Crippen LogP contribution in [0.25, 0.3) is 11.4 Å². The molecule has 2 saturated heterocycles. The van der Waals surface area contributed by atoms with Crippen molar-refractivity contribution in [2.24, 2.45) is 11.3 Å². The average molecular weight is 384 g/mol. The minimum atomic E-state index is -0.291. The van der Waals surface area contributed by atoms with Crippen molar-refractivity contribution in [3.63, 3.8) is 0 Å². The summed E-state index contributed by atoms with van der Waals surface area (Å²) < 4.78 is 18.6. The van der Waals surface area contributed by atoms with Gasteiger partial charge in [-0.2, -0.15) is 4.98 Å². The van der Waals surface area contributed by atoms with Crippen LogP contribution >= 0.6 is 0 Å². The van der Waals surface area contributed by atoms with Gasteiger partial charge in [-0.3, -0.25) is 4.79 Å². The van der Waals surface area contributed by atoms with Crippen LogP contribution < -0.4 is 5.32 Å². The van der Waals surface area contributed by atoms with Gasteiger partial charge in [-0.15, -0.1) is 0 Å². The van der Waals surface area contributed by atoms with Gasteiger partial charge in [-0.1, -0.05) is 5.16 Å². The maximum absolute atomic E-state index is 13.1. The summed E-state index contributed by atoms with van der Waals surface area (Å²) in [4.78, 5) is 19.6. The summed E-state index contributed by atoms with van der Waals surface area (Å²) >= 11 is 0. The number of rotatable bonds is 3. The highest BCUT2D eigenvalue weighted by Gasteiger charge is 2.58. The zero-order chi connectivity index (χ0) is 19.1. The van der Waals surface area contributed by atoms with Gasteiger partial charge >= 0.3 is 0 Å². The quantitative estimate of drug-likeness (QED) is 0.881. The number of nitrogens with one attached hydrogen (secondary N) is 1. The van der Waals surface area contributed by atoms with Crippen LogP contribution in [0.15, 0.2) is 28.8 Å². The Morgan fingerprint density at radius 1 is 1.25 bits per heavy atom. The predicted molar refractivity (Wildman–Crippen MR) is 101 cm³/mol. The molecular formula is C21H25FN4O2. The van der Waals surface area contributed by atoms with Crippen molar-refractivity contribution >= 4 is 5.91 Å². The second kappa shape index (κ2) is 6.95. The molecule has 0 radical (unpaired) electrons. The average Bonchev–Trinajstić information content (AvgIpc) is 3.19. The second-order valence-electron chi connectivity index (χ2n) is 8.46. The number of benzene rings is 1. The van der Waals surface area contributed by atoms with Gasteiger partial charge in [-0.25, -0.2) is 4.39 Å². The van der Waals surface area contributed by atoms with E-state index in [-0.39, 0.29) is 23.1 Å². The summed E-state index contributed by atoms with van der Waals surface area (Å²) in [5.41, 5.74) is 0.987. The molecule has 2 atom stereocenters. The maximum atomic E-state index is 13.1. The Hall–Kier alpha value is -2.28. The second-order valence-corrected chi connectivity index (χ2v) is 8.46. The minimum Gasteiger partial charge on any atom is -0.342 e. The summed E-state index contributed by atoms with van der Waals surface area (Å²) in [6.45, 7) is 3.52. The van der Waals surface area contributed by atoms with E-state index in [1.165, 1.54) is 12.1 Å². The van der Waals surface area contributed by atoms with Gasteiger partial charge in [0.15, 0.2) is 0 Å². The first-order valence-corrected chi connectivity index (χ1v) is 10.2. The lowest BCUT2D eigenvalue weighted by atomic mass is 9.91. The third kappa shape index (κ3) is 3.21. The van der Waals surface area contributed by atoms with Crippen LogP contribution in [-0.2, 0) is 4.79 Å². The molecule has 1 aliphatic carbocycles. The summed E-state index contributed by atoms with van der Waals surface area (Å²) in [6.07, 6.45) is 5.17. The monoisotopic (exact) mass is 384 g/mol. The fraction of sp³-hybridized carbons (Fsp3) is 0.571. The molecule has 5 rings (SSSR count). The summed E-state index contributed by atoms with van der Waals surface area (Å²) in [5, 5.41) is 7.45. The molecule has 148 valence electrons. The van der Waals surface area contributed by atoms with Crippen molar-refractivity contribution in [2.75, 3.05) is 26.2 Å². The van der Waals surface area contributed by atoms with Gasteiger partial charge in [0, 0.05) is 24.6 Å². The van der Waals surface area contributed by atoms with Crippen molar-refractivity contribution in [2.45, 2.75) is 38.0 Å². The summed E-state index contributed by atoms with van der Waals surface area (Å²) in [7, 11) is 0. The van der Waals surface area contributed by atoms with E-state index >= 15 is 0 Å². The fourth-order valence-corrected chi connectivity index (χ4v) is 4.89. The van der Waals surface area contributed by atoms with Crippen LogP contribution in [-0.4, -0.2) is 47.1 Å². The topological polar surface area (TPSA) is 71.3 Å². The standard InChI is InChI=1S/C21H25FN4O2/c22-16-5-3-14(4-6-16)18-24-19(28-25-18)15-2-1-11-26(13-15)20(27)17-12-21(17)7-9-23-10-8-21/h3-6,15,17,23H,1-2,7-13H2. The Labute approximate surface area is 163 Å². The van der Waals surface area contributed by atoms with Crippen molar-refractivity contribution in [3.05, 3.63) is 36.0 Å². The fourth-order valence-electron chi connectivity index (χ4n) is 4.89. The van der Waals surface area contributed by atoms with E-state index in [9.17, 15) is 9.18 Å². The van der Waals surface area contributed by atoms with Crippen LogP contribution in [0.4, 0.5) is 4.39 Å². The summed E-state index contributed by atoms with van der Waals surface area (Å²) in [5.74, 6) is 1.33. The smallest absolute Gasteiger partial charge is 0.231 e. The van der Waals surface area contributed by atoms with Gasteiger partial charge in [0.25, 0.3) is 0 Å². The van der Waals surface area contributed by atoms with Crippen LogP contribution in [0.2, 0.25) is 0 Å². The van der Waals surface area contributed by atoms with E-state index in [0.29, 0.717) is 24.2 Å². The lowest BCUT2D eigenvalue weighted by Crippen LogP contribution is -2.41. The molecule has 1 amide bonds. The molecule has 2 aliphatic heterocycles. The molecule has 3 aliphatic rings. The van der Waals surface area contributed by atoms with E-state index in [1.807, 2.05) is 4.90 Å². The highest BCUT2D eigenvalue weighted by atomic mass is 19.1. The number of aromatic nitrogens is 2. The van der Waals surface area contributed by atoms with E-state index in [4.69, 9.17) is 4.52 Å². The normalized spacial score (nSPS) is 26.4. The Morgan fingerprint density at radius 3 is 2.82 bits per heavy atom. The van der Waals surface area contributed by atoms with Crippen molar-refractivity contribution < 1.29 is 13.7 Å². The van der Waals surface area contributed by atoms with E-state index in [1.54, 1.807) is 12.1 Å². The first-order chi connectivity index (χ1) is 13.6. The third-order valence-electron chi connectivity index (χ3n) is 6.71. The highest BCUT2D eigenvalue weighted by molar-refractivity contribution is 5.83. The van der Waals surface area contributed by atoms with E-state index in [2.05, 4.69) is 15.5 Å². The maximum Gasteiger partial charge on any atom is 0.231 e. The van der Waals surface area contributed by atoms with Crippen LogP contribution in [0.3, 0.4) is 0 Å². The van der Waals surface area contributed by atoms with Gasteiger partial charge in [0.2, 0.25) is 17.6 Å². The molecule has 6 nitrogen and oxygen atoms in total. The highest BCUT2D eigenvalue weighted by Crippen LogP contribution is 2.59. The first-order valence-electron chi connectivity index (χ1n) is 10.2. The Kier molecular flexibility index (Phi) is 4.42. The molecule has 3 fully saturated rings. The molecule has 1 N–H and O–H groups in total. The number of halogens is 1. The molecule has 7 heteroatoms. The number of hydrogen-bond donors (Lipinski definition) is 1. The molecule has 3 heterocycles. The molecule has 2 aromatic rings. The molecule has 2 unspecified atom stereocenters. The van der Waals surface area contributed by atoms with Crippen molar-refractivity contribution in [1.82, 2.24) is 20.4 Å². The molecule has 1 spiro atoms. The number of piperidine rings is 2. The molecule has 1 saturated carbocycles. The number of carbonyl (C=O) groups excluding carboxylic acids is 1. The Morgan fingerprint density at radius 2 is 2.04 bits per heavy atom. The van der Waals surface area contributed by atoms with E-state index in [0.717, 1.165) is 57.3 Å². The minimum absolute atomic E-state index is 0.0714. The number of likely N-dealkylation sites (tertiary alicyclic amines) is 1. The molecule has 1 aromatic carbocycles. The van der Waals surface area contributed by atoms with E-state index < -0.39 is 0 Å². The van der Waals surface area contributed by atoms with Crippen LogP contribution in [0.5, 0.6) is 0 Å². The van der Waals surface area contributed by atoms with Crippen molar-refractivity contribution in [1.29, 1.82) is 0 Å². The first kappa shape index (κ1) is 17.8. The molecule has 1 aromatic heterocycles. The predicted octanol–water partition coefficient (Wildman–Crippen LogP) is 2.97. The number of nitrogens with zero attached hydrogens (tertiary/aromatic N) is 3. The lowest BCUT2D eigenvalue weighted by Gasteiger charge is -2.32. The van der Waals surface area contributed by atoms with Gasteiger partial charge in [0.1, 0.15) is 5.82 Å². The SMILES string of the molecule is O=C(C1CC12CCNCC2)N1CCCC(c2nc(-c3ccc(F)cc3)no2)C1. The molecule has 28 heavy (non-hydrogen) atoms. The number of amides is 1. The lowest BCUT2D eigenvalue weighted by molar-refractivity contribution is -0.135. The largest absolute Gasteiger partial charge is 0.342 e. The van der Waals surface area contributed by atoms with Crippen LogP contribution in [0, 0.1) is 17.2 Å². The number of hydrogen-bond acceptors (Lipinski definition) is 5. The van der Waals surface area contributed by atoms with Crippen molar-refractivity contribution in [3.8, 4) is 11.4 Å². The Balaban J connectivity index is 1.26. The Bertz CT molecular complexity index is 860. The third-order valence-corrected chi connectivity index (χ3v) is 6.71.